The largest absolute Gasteiger partial charge is 0.324 e. The van der Waals surface area contributed by atoms with Crippen LogP contribution < -0.4 is 5.73 Å². The van der Waals surface area contributed by atoms with Crippen molar-refractivity contribution in [1.29, 1.82) is 0 Å². The molecule has 0 fully saturated rings. The van der Waals surface area contributed by atoms with E-state index in [9.17, 15) is 0 Å². The van der Waals surface area contributed by atoms with Crippen molar-refractivity contribution in [3.63, 3.8) is 0 Å². The molecule has 0 saturated carbocycles. The molecule has 0 aliphatic carbocycles. The molecular formula is C12H14BrN3. The monoisotopic (exact) mass is 279 g/mol. The molecule has 0 saturated heterocycles. The number of para-hydroxylation sites is 1. The first-order valence-corrected chi connectivity index (χ1v) is 6.06. The Labute approximate surface area is 103 Å². The lowest BCUT2D eigenvalue weighted by Crippen LogP contribution is -2.12. The van der Waals surface area contributed by atoms with E-state index < -0.39 is 0 Å². The highest BCUT2D eigenvalue weighted by Crippen LogP contribution is 2.22. The van der Waals surface area contributed by atoms with Crippen LogP contribution in [0.15, 0.2) is 41.1 Å². The van der Waals surface area contributed by atoms with Gasteiger partial charge in [0.25, 0.3) is 0 Å². The van der Waals surface area contributed by atoms with Gasteiger partial charge in [0.15, 0.2) is 0 Å². The smallest absolute Gasteiger partial charge is 0.0693 e. The van der Waals surface area contributed by atoms with Crippen LogP contribution in [0.3, 0.4) is 0 Å². The quantitative estimate of drug-likeness (QED) is 0.939. The van der Waals surface area contributed by atoms with Crippen molar-refractivity contribution in [3.8, 4) is 5.69 Å². The number of halogens is 1. The number of nitrogens with two attached hydrogens (primary N) is 1. The first kappa shape index (κ1) is 11.4. The summed E-state index contributed by atoms with van der Waals surface area (Å²) >= 11 is 3.39. The highest BCUT2D eigenvalue weighted by Gasteiger charge is 2.10. The van der Waals surface area contributed by atoms with Crippen LogP contribution in [0.4, 0.5) is 0 Å². The molecule has 1 heterocycles. The minimum Gasteiger partial charge on any atom is -0.324 e. The van der Waals surface area contributed by atoms with Gasteiger partial charge in [-0.3, -0.25) is 0 Å². The number of aromatic nitrogens is 2. The van der Waals surface area contributed by atoms with Crippen molar-refractivity contribution >= 4 is 15.9 Å². The van der Waals surface area contributed by atoms with E-state index in [0.29, 0.717) is 0 Å². The summed E-state index contributed by atoms with van der Waals surface area (Å²) in [5, 5.41) is 4.28. The Morgan fingerprint density at radius 2 is 2.19 bits per heavy atom. The van der Waals surface area contributed by atoms with Crippen molar-refractivity contribution in [2.75, 3.05) is 0 Å². The number of benzene rings is 1. The van der Waals surface area contributed by atoms with Gasteiger partial charge >= 0.3 is 0 Å². The summed E-state index contributed by atoms with van der Waals surface area (Å²) in [6.45, 7) is 2.08. The van der Waals surface area contributed by atoms with Crippen LogP contribution in [-0.4, -0.2) is 9.78 Å². The van der Waals surface area contributed by atoms with Crippen LogP contribution in [0.2, 0.25) is 0 Å². The third-order valence-electron chi connectivity index (χ3n) is 2.57. The molecule has 84 valence electrons. The molecule has 0 radical (unpaired) electrons. The summed E-state index contributed by atoms with van der Waals surface area (Å²) in [5.74, 6) is 0. The van der Waals surface area contributed by atoms with E-state index in [1.807, 2.05) is 29.1 Å². The molecule has 2 aromatic rings. The number of hydrogen-bond acceptors (Lipinski definition) is 2. The second kappa shape index (κ2) is 4.80. The molecule has 0 aliphatic heterocycles. The molecule has 4 heteroatoms. The summed E-state index contributed by atoms with van der Waals surface area (Å²) < 4.78 is 2.81. The van der Waals surface area contributed by atoms with Gasteiger partial charge in [-0.2, -0.15) is 5.10 Å². The van der Waals surface area contributed by atoms with Crippen molar-refractivity contribution < 1.29 is 0 Å². The summed E-state index contributed by atoms with van der Waals surface area (Å²) in [6, 6.07) is 8.15. The average molecular weight is 280 g/mol. The van der Waals surface area contributed by atoms with Gasteiger partial charge in [0.2, 0.25) is 0 Å². The summed E-state index contributed by atoms with van der Waals surface area (Å²) in [6.07, 6.45) is 4.62. The van der Waals surface area contributed by atoms with Gasteiger partial charge in [0.1, 0.15) is 0 Å². The van der Waals surface area contributed by atoms with E-state index in [1.54, 1.807) is 6.20 Å². The van der Waals surface area contributed by atoms with E-state index in [2.05, 4.69) is 34.0 Å². The predicted molar refractivity (Wildman–Crippen MR) is 68.5 cm³/mol. The molecule has 1 aromatic heterocycles. The fourth-order valence-corrected chi connectivity index (χ4v) is 1.95. The van der Waals surface area contributed by atoms with Gasteiger partial charge in [-0.15, -0.1) is 0 Å². The number of nitrogens with zero attached hydrogens (tertiary/aromatic N) is 2. The van der Waals surface area contributed by atoms with Crippen LogP contribution in [0.5, 0.6) is 0 Å². The van der Waals surface area contributed by atoms with Gasteiger partial charge < -0.3 is 5.73 Å². The summed E-state index contributed by atoms with van der Waals surface area (Å²) in [7, 11) is 0. The third kappa shape index (κ3) is 2.18. The molecule has 16 heavy (non-hydrogen) atoms. The maximum atomic E-state index is 6.09. The molecular weight excluding hydrogens is 266 g/mol. The Morgan fingerprint density at radius 1 is 1.44 bits per heavy atom. The van der Waals surface area contributed by atoms with Gasteiger partial charge in [0, 0.05) is 12.2 Å². The molecule has 2 N–H and O–H groups in total. The molecule has 1 aromatic carbocycles. The van der Waals surface area contributed by atoms with Crippen LogP contribution >= 0.6 is 15.9 Å². The summed E-state index contributed by atoms with van der Waals surface area (Å²) in [5.41, 5.74) is 8.26. The Bertz CT molecular complexity index is 479. The maximum absolute atomic E-state index is 6.09. The van der Waals surface area contributed by atoms with Crippen molar-refractivity contribution in [3.05, 3.63) is 46.7 Å². The van der Waals surface area contributed by atoms with Gasteiger partial charge in [-0.1, -0.05) is 25.1 Å². The normalized spacial score (nSPS) is 12.7. The number of rotatable bonds is 3. The first-order valence-electron chi connectivity index (χ1n) is 5.27. The minimum atomic E-state index is 0.0548. The predicted octanol–water partition coefficient (Wildman–Crippen LogP) is 3.04. The molecule has 0 amide bonds. The van der Waals surface area contributed by atoms with Crippen LogP contribution in [-0.2, 0) is 0 Å². The minimum absolute atomic E-state index is 0.0548. The van der Waals surface area contributed by atoms with E-state index >= 15 is 0 Å². The van der Waals surface area contributed by atoms with Gasteiger partial charge in [0.05, 0.1) is 16.4 Å². The Kier molecular flexibility index (Phi) is 3.41. The van der Waals surface area contributed by atoms with Crippen molar-refractivity contribution in [1.82, 2.24) is 9.78 Å². The fourth-order valence-electron chi connectivity index (χ4n) is 1.66. The lowest BCUT2D eigenvalue weighted by molar-refractivity contribution is 0.686. The Morgan fingerprint density at radius 3 is 2.81 bits per heavy atom. The Hall–Kier alpha value is -1.13. The van der Waals surface area contributed by atoms with E-state index in [-0.39, 0.29) is 6.04 Å². The van der Waals surface area contributed by atoms with Crippen LogP contribution in [0.1, 0.15) is 24.9 Å². The lowest BCUT2D eigenvalue weighted by atomic mass is 10.0. The van der Waals surface area contributed by atoms with Gasteiger partial charge in [-0.05, 0) is 34.0 Å². The zero-order valence-corrected chi connectivity index (χ0v) is 10.7. The average Bonchev–Trinajstić information content (AvgIpc) is 2.75. The zero-order valence-electron chi connectivity index (χ0n) is 9.10. The lowest BCUT2D eigenvalue weighted by Gasteiger charge is -2.14. The SMILES string of the molecule is CCC(N)c1ccccc1-n1cc(Br)cn1. The highest BCUT2D eigenvalue weighted by atomic mass is 79.9. The van der Waals surface area contributed by atoms with E-state index in [1.165, 1.54) is 0 Å². The molecule has 0 aliphatic rings. The standard InChI is InChI=1S/C12H14BrN3/c1-2-11(14)10-5-3-4-6-12(10)16-8-9(13)7-15-16/h3-8,11H,2,14H2,1H3. The van der Waals surface area contributed by atoms with Gasteiger partial charge in [-0.25, -0.2) is 4.68 Å². The fraction of sp³-hybridized carbons (Fsp3) is 0.250. The molecule has 3 nitrogen and oxygen atoms in total. The van der Waals surface area contributed by atoms with Crippen molar-refractivity contribution in [2.45, 2.75) is 19.4 Å². The zero-order chi connectivity index (χ0) is 11.5. The van der Waals surface area contributed by atoms with Crippen molar-refractivity contribution in [2.24, 2.45) is 5.73 Å². The summed E-state index contributed by atoms with van der Waals surface area (Å²) in [4.78, 5) is 0. The highest BCUT2D eigenvalue weighted by molar-refractivity contribution is 9.10. The molecule has 1 unspecified atom stereocenters. The molecule has 2 rings (SSSR count). The van der Waals surface area contributed by atoms with Crippen LogP contribution in [0.25, 0.3) is 5.69 Å². The third-order valence-corrected chi connectivity index (χ3v) is 2.98. The maximum Gasteiger partial charge on any atom is 0.0693 e. The molecule has 0 spiro atoms. The van der Waals surface area contributed by atoms with E-state index in [4.69, 9.17) is 5.73 Å². The topological polar surface area (TPSA) is 43.8 Å². The second-order valence-electron chi connectivity index (χ2n) is 3.68. The second-order valence-corrected chi connectivity index (χ2v) is 4.59. The molecule has 0 bridgehead atoms. The Balaban J connectivity index is 2.48. The first-order chi connectivity index (χ1) is 7.72. The van der Waals surface area contributed by atoms with Crippen LogP contribution in [0, 0.1) is 0 Å². The van der Waals surface area contributed by atoms with E-state index in [0.717, 1.165) is 22.1 Å². The molecule has 1 atom stereocenters. The number of hydrogen-bond donors (Lipinski definition) is 1.